The molecule has 1 amide bonds. The summed E-state index contributed by atoms with van der Waals surface area (Å²) in [6.07, 6.45) is 5.62. The van der Waals surface area contributed by atoms with Crippen molar-refractivity contribution in [1.29, 1.82) is 0 Å². The van der Waals surface area contributed by atoms with Crippen LogP contribution in [-0.2, 0) is 21.1 Å². The van der Waals surface area contributed by atoms with E-state index in [1.165, 1.54) is 18.0 Å². The highest BCUT2D eigenvalue weighted by atomic mass is 32.2. The molecule has 0 spiro atoms. The minimum Gasteiger partial charge on any atom is -0.342 e. The van der Waals surface area contributed by atoms with E-state index in [1.807, 2.05) is 18.2 Å². The number of aromatic amines is 1. The lowest BCUT2D eigenvalue weighted by atomic mass is 9.90. The van der Waals surface area contributed by atoms with Gasteiger partial charge in [-0.25, -0.2) is 13.4 Å². The Bertz CT molecular complexity index is 765. The fourth-order valence-electron chi connectivity index (χ4n) is 3.08. The van der Waals surface area contributed by atoms with Gasteiger partial charge in [-0.2, -0.15) is 0 Å². The maximum absolute atomic E-state index is 12.3. The molecule has 2 aromatic rings. The summed E-state index contributed by atoms with van der Waals surface area (Å²) in [5, 5.41) is -0.144. The number of carbonyl (C=O) groups excluding carboxylic acids is 1. The molecule has 1 saturated heterocycles. The van der Waals surface area contributed by atoms with E-state index in [4.69, 9.17) is 0 Å². The Hall–Kier alpha value is -2.15. The number of carbonyl (C=O) groups is 1. The number of aromatic nitrogens is 2. The Labute approximate surface area is 141 Å². The topological polar surface area (TPSA) is 83.1 Å². The number of amides is 1. The van der Waals surface area contributed by atoms with Gasteiger partial charge in [-0.1, -0.05) is 30.3 Å². The number of imidazole rings is 1. The van der Waals surface area contributed by atoms with Crippen LogP contribution in [0.15, 0.2) is 47.9 Å². The first-order chi connectivity index (χ1) is 11.5. The number of likely N-dealkylation sites (tertiary alicyclic amines) is 1. The summed E-state index contributed by atoms with van der Waals surface area (Å²) in [6.45, 7) is 1.23. The summed E-state index contributed by atoms with van der Waals surface area (Å²) >= 11 is 0. The van der Waals surface area contributed by atoms with Gasteiger partial charge >= 0.3 is 0 Å². The van der Waals surface area contributed by atoms with E-state index in [0.717, 1.165) is 19.3 Å². The van der Waals surface area contributed by atoms with E-state index < -0.39 is 15.6 Å². The zero-order chi connectivity index (χ0) is 17.0. The van der Waals surface area contributed by atoms with Crippen LogP contribution in [0.25, 0.3) is 0 Å². The highest BCUT2D eigenvalue weighted by Crippen LogP contribution is 2.22. The second-order valence-corrected chi connectivity index (χ2v) is 8.07. The van der Waals surface area contributed by atoms with Crippen molar-refractivity contribution >= 4 is 15.7 Å². The minimum absolute atomic E-state index is 0.144. The van der Waals surface area contributed by atoms with Crippen molar-refractivity contribution in [3.63, 3.8) is 0 Å². The van der Waals surface area contributed by atoms with E-state index in [-0.39, 0.29) is 11.1 Å². The van der Waals surface area contributed by atoms with Crippen molar-refractivity contribution in [2.75, 3.05) is 18.8 Å². The third kappa shape index (κ3) is 4.03. The smallest absolute Gasteiger partial charge is 0.238 e. The number of nitrogens with one attached hydrogen (secondary N) is 1. The molecule has 7 heteroatoms. The van der Waals surface area contributed by atoms with Gasteiger partial charge in [0.05, 0.1) is 0 Å². The van der Waals surface area contributed by atoms with E-state index in [0.29, 0.717) is 19.0 Å². The van der Waals surface area contributed by atoms with Crippen LogP contribution in [0.5, 0.6) is 0 Å². The van der Waals surface area contributed by atoms with Gasteiger partial charge in [0.1, 0.15) is 5.75 Å². The van der Waals surface area contributed by atoms with Gasteiger partial charge in [0.15, 0.2) is 0 Å². The van der Waals surface area contributed by atoms with E-state index in [2.05, 4.69) is 22.1 Å². The van der Waals surface area contributed by atoms with Crippen molar-refractivity contribution in [3.8, 4) is 0 Å². The first-order valence-corrected chi connectivity index (χ1v) is 9.73. The number of hydrogen-bond acceptors (Lipinski definition) is 4. The molecule has 0 saturated carbocycles. The summed E-state index contributed by atoms with van der Waals surface area (Å²) in [4.78, 5) is 20.2. The normalized spacial score (nSPS) is 16.2. The quantitative estimate of drug-likeness (QED) is 0.892. The molecule has 0 unspecified atom stereocenters. The van der Waals surface area contributed by atoms with Gasteiger partial charge in [-0.3, -0.25) is 4.79 Å². The van der Waals surface area contributed by atoms with Crippen LogP contribution in [0.4, 0.5) is 0 Å². The van der Waals surface area contributed by atoms with E-state index in [1.54, 1.807) is 4.90 Å². The van der Waals surface area contributed by atoms with Crippen molar-refractivity contribution < 1.29 is 13.2 Å². The predicted molar refractivity (Wildman–Crippen MR) is 90.1 cm³/mol. The number of hydrogen-bond donors (Lipinski definition) is 1. The number of nitrogens with zero attached hydrogens (tertiary/aromatic N) is 2. The number of benzene rings is 1. The zero-order valence-corrected chi connectivity index (χ0v) is 14.2. The zero-order valence-electron chi connectivity index (χ0n) is 13.4. The van der Waals surface area contributed by atoms with Gasteiger partial charge < -0.3 is 9.88 Å². The average molecular weight is 347 g/mol. The van der Waals surface area contributed by atoms with Gasteiger partial charge in [-0.05, 0) is 30.7 Å². The minimum atomic E-state index is -3.69. The monoisotopic (exact) mass is 347 g/mol. The highest BCUT2D eigenvalue weighted by molar-refractivity contribution is 7.91. The fraction of sp³-hybridized carbons (Fsp3) is 0.412. The predicted octanol–water partition coefficient (Wildman–Crippen LogP) is 1.66. The molecule has 1 aliphatic heterocycles. The lowest BCUT2D eigenvalue weighted by Gasteiger charge is -2.32. The highest BCUT2D eigenvalue weighted by Gasteiger charge is 2.28. The molecule has 2 heterocycles. The summed E-state index contributed by atoms with van der Waals surface area (Å²) in [7, 11) is -3.69. The summed E-state index contributed by atoms with van der Waals surface area (Å²) in [5.41, 5.74) is 1.31. The largest absolute Gasteiger partial charge is 0.342 e. The van der Waals surface area contributed by atoms with Crippen LogP contribution < -0.4 is 0 Å². The summed E-state index contributed by atoms with van der Waals surface area (Å²) in [6, 6.07) is 10.3. The average Bonchev–Trinajstić information content (AvgIpc) is 3.11. The molecule has 0 radical (unpaired) electrons. The lowest BCUT2D eigenvalue weighted by Crippen LogP contribution is -2.41. The Kier molecular flexibility index (Phi) is 4.99. The number of piperidine rings is 1. The van der Waals surface area contributed by atoms with Crippen molar-refractivity contribution in [2.45, 2.75) is 24.4 Å². The maximum Gasteiger partial charge on any atom is 0.238 e. The van der Waals surface area contributed by atoms with E-state index >= 15 is 0 Å². The number of sulfone groups is 1. The number of H-pyrrole nitrogens is 1. The first-order valence-electron chi connectivity index (χ1n) is 8.08. The van der Waals surface area contributed by atoms with Crippen LogP contribution >= 0.6 is 0 Å². The Morgan fingerprint density at radius 1 is 1.21 bits per heavy atom. The van der Waals surface area contributed by atoms with Crippen LogP contribution in [0.1, 0.15) is 18.4 Å². The number of rotatable bonds is 5. The molecule has 0 bridgehead atoms. The molecule has 0 aliphatic carbocycles. The third-order valence-electron chi connectivity index (χ3n) is 4.42. The standard InChI is InChI=1S/C17H21N3O3S/c21-16(13-24(22,23)17-18-8-9-19-17)20-10-6-15(7-11-20)12-14-4-2-1-3-5-14/h1-5,8-9,15H,6-7,10-13H2,(H,18,19). The van der Waals surface area contributed by atoms with Crippen molar-refractivity contribution in [2.24, 2.45) is 5.92 Å². The third-order valence-corrected chi connectivity index (χ3v) is 5.86. The molecule has 1 fully saturated rings. The fourth-order valence-corrected chi connectivity index (χ4v) is 4.19. The molecule has 1 aromatic heterocycles. The second-order valence-electron chi connectivity index (χ2n) is 6.17. The van der Waals surface area contributed by atoms with Crippen LogP contribution in [0.2, 0.25) is 0 Å². The molecule has 1 aromatic carbocycles. The van der Waals surface area contributed by atoms with Gasteiger partial charge in [-0.15, -0.1) is 0 Å². The van der Waals surface area contributed by atoms with Gasteiger partial charge in [0.25, 0.3) is 0 Å². The molecule has 1 N–H and O–H groups in total. The molecule has 6 nitrogen and oxygen atoms in total. The van der Waals surface area contributed by atoms with E-state index in [9.17, 15) is 13.2 Å². The lowest BCUT2D eigenvalue weighted by molar-refractivity contribution is -0.129. The Morgan fingerprint density at radius 2 is 1.92 bits per heavy atom. The first kappa shape index (κ1) is 16.7. The molecular weight excluding hydrogens is 326 g/mol. The maximum atomic E-state index is 12.3. The molecule has 0 atom stereocenters. The Morgan fingerprint density at radius 3 is 2.54 bits per heavy atom. The molecule has 3 rings (SSSR count). The molecular formula is C17H21N3O3S. The van der Waals surface area contributed by atoms with Crippen LogP contribution in [-0.4, -0.2) is 48.0 Å². The van der Waals surface area contributed by atoms with Crippen LogP contribution in [0, 0.1) is 5.92 Å². The molecule has 24 heavy (non-hydrogen) atoms. The summed E-state index contributed by atoms with van der Waals surface area (Å²) in [5.74, 6) is -0.327. The summed E-state index contributed by atoms with van der Waals surface area (Å²) < 4.78 is 24.2. The van der Waals surface area contributed by atoms with Crippen molar-refractivity contribution in [1.82, 2.24) is 14.9 Å². The SMILES string of the molecule is O=C(CS(=O)(=O)c1ncc[nH]1)N1CCC(Cc2ccccc2)CC1. The van der Waals surface area contributed by atoms with Crippen LogP contribution in [0.3, 0.4) is 0 Å². The Balaban J connectivity index is 1.52. The second kappa shape index (κ2) is 7.17. The van der Waals surface area contributed by atoms with Crippen molar-refractivity contribution in [3.05, 3.63) is 48.3 Å². The van der Waals surface area contributed by atoms with Gasteiger partial charge in [0, 0.05) is 25.5 Å². The molecule has 1 aliphatic rings. The van der Waals surface area contributed by atoms with Gasteiger partial charge in [0.2, 0.25) is 20.9 Å². The molecule has 128 valence electrons.